The zero-order chi connectivity index (χ0) is 13.4. The maximum Gasteiger partial charge on any atom is 0.335 e. The molecule has 3 rings (SSSR count). The predicted octanol–water partition coefficient (Wildman–Crippen LogP) is 2.86. The lowest BCUT2D eigenvalue weighted by atomic mass is 10.2. The topological polar surface area (TPSA) is 55.1 Å². The molecule has 1 N–H and O–H groups in total. The quantitative estimate of drug-likeness (QED) is 0.767. The first-order valence-corrected chi connectivity index (χ1v) is 5.62. The number of aromatic carboxylic acids is 1. The molecule has 0 amide bonds. The highest BCUT2D eigenvalue weighted by molar-refractivity contribution is 5.93. The van der Waals surface area contributed by atoms with Gasteiger partial charge >= 0.3 is 5.97 Å². The average Bonchev–Trinajstić information content (AvgIpc) is 2.81. The second-order valence-electron chi connectivity index (χ2n) is 4.13. The van der Waals surface area contributed by atoms with E-state index >= 15 is 0 Å². The van der Waals surface area contributed by atoms with Gasteiger partial charge in [-0.2, -0.15) is 5.10 Å². The first-order chi connectivity index (χ1) is 9.13. The molecule has 4 nitrogen and oxygen atoms in total. The zero-order valence-electron chi connectivity index (χ0n) is 9.75. The fraction of sp³-hybridized carbons (Fsp3) is 0. The highest BCUT2D eigenvalue weighted by atomic mass is 19.1. The summed E-state index contributed by atoms with van der Waals surface area (Å²) in [5.74, 6) is -1.33. The first kappa shape index (κ1) is 11.4. The van der Waals surface area contributed by atoms with E-state index in [2.05, 4.69) is 5.10 Å². The number of aromatic nitrogens is 2. The molecule has 0 fully saturated rings. The predicted molar refractivity (Wildman–Crippen MR) is 68.0 cm³/mol. The van der Waals surface area contributed by atoms with Crippen LogP contribution >= 0.6 is 0 Å². The van der Waals surface area contributed by atoms with Crippen LogP contribution in [0.1, 0.15) is 10.4 Å². The summed E-state index contributed by atoms with van der Waals surface area (Å²) in [5, 5.41) is 13.9. The summed E-state index contributed by atoms with van der Waals surface area (Å²) >= 11 is 0. The van der Waals surface area contributed by atoms with Gasteiger partial charge in [-0.1, -0.05) is 6.07 Å². The van der Waals surface area contributed by atoms with Crippen molar-refractivity contribution in [3.05, 3.63) is 60.0 Å². The molecule has 0 saturated carbocycles. The summed E-state index contributed by atoms with van der Waals surface area (Å²) in [6.07, 6.45) is 1.68. The minimum atomic E-state index is -0.986. The van der Waals surface area contributed by atoms with E-state index in [4.69, 9.17) is 5.11 Å². The molecule has 2 aromatic carbocycles. The van der Waals surface area contributed by atoms with Gasteiger partial charge in [-0.3, -0.25) is 0 Å². The lowest BCUT2D eigenvalue weighted by molar-refractivity contribution is 0.0697. The van der Waals surface area contributed by atoms with Crippen LogP contribution in [0.5, 0.6) is 0 Å². The van der Waals surface area contributed by atoms with Crippen LogP contribution in [0.4, 0.5) is 4.39 Å². The fourth-order valence-corrected chi connectivity index (χ4v) is 1.91. The maximum atomic E-state index is 13.2. The lowest BCUT2D eigenvalue weighted by Crippen LogP contribution is -1.94. The monoisotopic (exact) mass is 256 g/mol. The van der Waals surface area contributed by atoms with Crippen molar-refractivity contribution in [3.63, 3.8) is 0 Å². The van der Waals surface area contributed by atoms with E-state index in [1.54, 1.807) is 30.5 Å². The van der Waals surface area contributed by atoms with E-state index in [0.29, 0.717) is 16.6 Å². The average molecular weight is 256 g/mol. The number of benzene rings is 2. The SMILES string of the molecule is O=C(O)c1ccc2nn(-c3cccc(F)c3)cc2c1. The molecule has 1 aromatic heterocycles. The molecule has 1 heterocycles. The Hall–Kier alpha value is -2.69. The van der Waals surface area contributed by atoms with Gasteiger partial charge in [-0.05, 0) is 36.4 Å². The molecule has 94 valence electrons. The second kappa shape index (κ2) is 4.20. The van der Waals surface area contributed by atoms with Crippen LogP contribution in [-0.2, 0) is 0 Å². The number of hydrogen-bond donors (Lipinski definition) is 1. The van der Waals surface area contributed by atoms with Crippen LogP contribution in [0.2, 0.25) is 0 Å². The van der Waals surface area contributed by atoms with Gasteiger partial charge in [0.25, 0.3) is 0 Å². The molecule has 0 bridgehead atoms. The third-order valence-electron chi connectivity index (χ3n) is 2.82. The van der Waals surface area contributed by atoms with E-state index in [0.717, 1.165) is 0 Å². The van der Waals surface area contributed by atoms with Crippen LogP contribution in [0.25, 0.3) is 16.6 Å². The highest BCUT2D eigenvalue weighted by Gasteiger charge is 2.07. The first-order valence-electron chi connectivity index (χ1n) is 5.62. The highest BCUT2D eigenvalue weighted by Crippen LogP contribution is 2.18. The van der Waals surface area contributed by atoms with Gasteiger partial charge in [0.15, 0.2) is 0 Å². The van der Waals surface area contributed by atoms with Crippen molar-refractivity contribution in [2.24, 2.45) is 0 Å². The van der Waals surface area contributed by atoms with Gasteiger partial charge in [0.05, 0.1) is 16.8 Å². The van der Waals surface area contributed by atoms with Gasteiger partial charge < -0.3 is 5.11 Å². The van der Waals surface area contributed by atoms with Crippen LogP contribution < -0.4 is 0 Å². The smallest absolute Gasteiger partial charge is 0.335 e. The molecular formula is C14H9FN2O2. The van der Waals surface area contributed by atoms with E-state index < -0.39 is 5.97 Å². The fourth-order valence-electron chi connectivity index (χ4n) is 1.91. The Bertz CT molecular complexity index is 780. The van der Waals surface area contributed by atoms with Crippen LogP contribution in [0, 0.1) is 5.82 Å². The van der Waals surface area contributed by atoms with Crippen molar-refractivity contribution in [1.29, 1.82) is 0 Å². The van der Waals surface area contributed by atoms with Crippen molar-refractivity contribution in [3.8, 4) is 5.69 Å². The normalized spacial score (nSPS) is 10.8. The van der Waals surface area contributed by atoms with E-state index in [1.165, 1.54) is 22.9 Å². The third kappa shape index (κ3) is 2.06. The van der Waals surface area contributed by atoms with Gasteiger partial charge in [-0.15, -0.1) is 0 Å². The Morgan fingerprint density at radius 1 is 1.21 bits per heavy atom. The standard InChI is InChI=1S/C14H9FN2O2/c15-11-2-1-3-12(7-11)17-8-10-6-9(14(18)19)4-5-13(10)16-17/h1-8H,(H,18,19). The number of carbonyl (C=O) groups is 1. The molecule has 0 saturated heterocycles. The largest absolute Gasteiger partial charge is 0.478 e. The van der Waals surface area contributed by atoms with E-state index in [1.807, 2.05) is 0 Å². The minimum Gasteiger partial charge on any atom is -0.478 e. The van der Waals surface area contributed by atoms with E-state index in [9.17, 15) is 9.18 Å². The number of rotatable bonds is 2. The molecule has 0 unspecified atom stereocenters. The number of fused-ring (bicyclic) bond motifs is 1. The summed E-state index contributed by atoms with van der Waals surface area (Å²) in [6.45, 7) is 0. The van der Waals surface area contributed by atoms with Crippen LogP contribution in [0.3, 0.4) is 0 Å². The molecule has 3 aromatic rings. The zero-order valence-corrected chi connectivity index (χ0v) is 9.75. The lowest BCUT2D eigenvalue weighted by Gasteiger charge is -1.99. The summed E-state index contributed by atoms with van der Waals surface area (Å²) in [6, 6.07) is 10.7. The Morgan fingerprint density at radius 3 is 2.79 bits per heavy atom. The molecule has 5 heteroatoms. The van der Waals surface area contributed by atoms with Crippen molar-refractivity contribution in [2.45, 2.75) is 0 Å². The summed E-state index contributed by atoms with van der Waals surface area (Å²) in [5.41, 5.74) is 1.45. The second-order valence-corrected chi connectivity index (χ2v) is 4.13. The van der Waals surface area contributed by atoms with Crippen LogP contribution in [0.15, 0.2) is 48.7 Å². The van der Waals surface area contributed by atoms with Gasteiger partial charge in [-0.25, -0.2) is 13.9 Å². The number of carboxylic acids is 1. The Kier molecular flexibility index (Phi) is 2.52. The number of carboxylic acid groups (broad SMARTS) is 1. The number of hydrogen-bond acceptors (Lipinski definition) is 2. The Labute approximate surface area is 107 Å². The molecule has 0 aliphatic heterocycles. The molecule has 0 atom stereocenters. The van der Waals surface area contributed by atoms with Crippen LogP contribution in [-0.4, -0.2) is 20.9 Å². The Balaban J connectivity index is 2.14. The molecule has 0 spiro atoms. The summed E-state index contributed by atoms with van der Waals surface area (Å²) in [4.78, 5) is 10.9. The van der Waals surface area contributed by atoms with Crippen molar-refractivity contribution in [1.82, 2.24) is 9.78 Å². The summed E-state index contributed by atoms with van der Waals surface area (Å²) < 4.78 is 14.7. The van der Waals surface area contributed by atoms with Gasteiger partial charge in [0.1, 0.15) is 5.82 Å². The van der Waals surface area contributed by atoms with Crippen molar-refractivity contribution >= 4 is 16.9 Å². The van der Waals surface area contributed by atoms with Crippen molar-refractivity contribution in [2.75, 3.05) is 0 Å². The number of nitrogens with zero attached hydrogens (tertiary/aromatic N) is 2. The Morgan fingerprint density at radius 2 is 2.05 bits per heavy atom. The molecule has 19 heavy (non-hydrogen) atoms. The van der Waals surface area contributed by atoms with Crippen molar-refractivity contribution < 1.29 is 14.3 Å². The summed E-state index contributed by atoms with van der Waals surface area (Å²) in [7, 11) is 0. The molecular weight excluding hydrogens is 247 g/mol. The number of halogens is 1. The minimum absolute atomic E-state index is 0.200. The molecule has 0 aliphatic rings. The molecule has 0 aliphatic carbocycles. The molecule has 0 radical (unpaired) electrons. The van der Waals surface area contributed by atoms with Gasteiger partial charge in [0.2, 0.25) is 0 Å². The van der Waals surface area contributed by atoms with E-state index in [-0.39, 0.29) is 11.4 Å². The van der Waals surface area contributed by atoms with Gasteiger partial charge in [0, 0.05) is 11.6 Å². The maximum absolute atomic E-state index is 13.2. The third-order valence-corrected chi connectivity index (χ3v) is 2.82.